The van der Waals surface area contributed by atoms with Gasteiger partial charge in [-0.3, -0.25) is 4.79 Å². The molecule has 8 heteroatoms. The fraction of sp³-hybridized carbons (Fsp3) is 0.360. The summed E-state index contributed by atoms with van der Waals surface area (Å²) in [5, 5.41) is 0.816. The Balaban J connectivity index is 1.57. The Hall–Kier alpha value is -3.29. The van der Waals surface area contributed by atoms with Gasteiger partial charge in [0.15, 0.2) is 0 Å². The highest BCUT2D eigenvalue weighted by Gasteiger charge is 2.31. The Bertz CT molecular complexity index is 1140. The Labute approximate surface area is 191 Å². The van der Waals surface area contributed by atoms with Gasteiger partial charge < -0.3 is 14.7 Å². The zero-order chi connectivity index (χ0) is 23.6. The van der Waals surface area contributed by atoms with E-state index in [4.69, 9.17) is 4.98 Å². The Morgan fingerprint density at radius 1 is 1.00 bits per heavy atom. The Morgan fingerprint density at radius 3 is 2.39 bits per heavy atom. The van der Waals surface area contributed by atoms with E-state index in [0.717, 1.165) is 23.4 Å². The number of aromatic nitrogens is 1. The minimum absolute atomic E-state index is 0.0423. The van der Waals surface area contributed by atoms with Crippen molar-refractivity contribution in [3.05, 3.63) is 65.7 Å². The van der Waals surface area contributed by atoms with E-state index >= 15 is 0 Å². The van der Waals surface area contributed by atoms with Crippen molar-refractivity contribution in [3.63, 3.8) is 0 Å². The average Bonchev–Trinajstić information content (AvgIpc) is 2.82. The van der Waals surface area contributed by atoms with Crippen LogP contribution in [0.3, 0.4) is 0 Å². The van der Waals surface area contributed by atoms with Crippen LogP contribution in [0.2, 0.25) is 0 Å². The van der Waals surface area contributed by atoms with Crippen LogP contribution in [-0.4, -0.2) is 55.6 Å². The second-order valence-corrected chi connectivity index (χ2v) is 8.29. The van der Waals surface area contributed by atoms with Crippen molar-refractivity contribution < 1.29 is 18.0 Å². The fourth-order valence-corrected chi connectivity index (χ4v) is 4.22. The van der Waals surface area contributed by atoms with Gasteiger partial charge >= 0.3 is 6.18 Å². The van der Waals surface area contributed by atoms with Gasteiger partial charge in [0.25, 0.3) is 5.91 Å². The lowest BCUT2D eigenvalue weighted by Gasteiger charge is -2.37. The van der Waals surface area contributed by atoms with Gasteiger partial charge in [0.2, 0.25) is 0 Å². The highest BCUT2D eigenvalue weighted by atomic mass is 19.4. The maximum Gasteiger partial charge on any atom is 0.416 e. The van der Waals surface area contributed by atoms with Gasteiger partial charge in [0, 0.05) is 50.8 Å². The third-order valence-corrected chi connectivity index (χ3v) is 5.98. The summed E-state index contributed by atoms with van der Waals surface area (Å²) in [4.78, 5) is 23.7. The predicted molar refractivity (Wildman–Crippen MR) is 125 cm³/mol. The number of hydrogen-bond donors (Lipinski definition) is 0. The molecule has 1 saturated heterocycles. The molecule has 1 aromatic heterocycles. The van der Waals surface area contributed by atoms with Gasteiger partial charge in [-0.05, 0) is 36.8 Å². The number of piperazine rings is 1. The molecule has 0 N–H and O–H groups in total. The monoisotopic (exact) mass is 456 g/mol. The fourth-order valence-electron chi connectivity index (χ4n) is 4.22. The van der Waals surface area contributed by atoms with Crippen molar-refractivity contribution >= 4 is 28.3 Å². The molecule has 0 atom stereocenters. The molecular formula is C25H27F3N4O. The van der Waals surface area contributed by atoms with E-state index in [1.54, 1.807) is 18.0 Å². The van der Waals surface area contributed by atoms with E-state index in [1.807, 2.05) is 42.2 Å². The standard InChI is InChI=1S/C25H27F3N4O/c1-3-11-30(2)24(33)21-17-23(29-22-10-5-4-9-20(21)22)32-14-12-31(13-15-32)19-8-6-7-18(16-19)25(26,27)28/h4-10,16-17H,3,11-15H2,1-2H3. The summed E-state index contributed by atoms with van der Waals surface area (Å²) in [6.45, 7) is 5.02. The molecular weight excluding hydrogens is 429 g/mol. The van der Waals surface area contributed by atoms with Crippen molar-refractivity contribution in [2.75, 3.05) is 49.6 Å². The number of alkyl halides is 3. The third-order valence-electron chi connectivity index (χ3n) is 5.98. The summed E-state index contributed by atoms with van der Waals surface area (Å²) >= 11 is 0. The number of para-hydroxylation sites is 1. The van der Waals surface area contributed by atoms with Gasteiger partial charge in [-0.15, -0.1) is 0 Å². The number of amides is 1. The first kappa shape index (κ1) is 22.9. The van der Waals surface area contributed by atoms with E-state index in [1.165, 1.54) is 12.1 Å². The summed E-state index contributed by atoms with van der Waals surface area (Å²) in [5.74, 6) is 0.671. The number of benzene rings is 2. The third kappa shape index (κ3) is 4.89. The number of hydrogen-bond acceptors (Lipinski definition) is 4. The van der Waals surface area contributed by atoms with Gasteiger partial charge in [0.1, 0.15) is 5.82 Å². The Kier molecular flexibility index (Phi) is 6.44. The number of carbonyl (C=O) groups is 1. The molecule has 174 valence electrons. The van der Waals surface area contributed by atoms with Crippen LogP contribution >= 0.6 is 0 Å². The van der Waals surface area contributed by atoms with Gasteiger partial charge in [-0.1, -0.05) is 31.2 Å². The number of anilines is 2. The maximum atomic E-state index is 13.1. The number of fused-ring (bicyclic) bond motifs is 1. The van der Waals surface area contributed by atoms with E-state index in [9.17, 15) is 18.0 Å². The highest BCUT2D eigenvalue weighted by molar-refractivity contribution is 6.06. The van der Waals surface area contributed by atoms with Gasteiger partial charge in [-0.25, -0.2) is 4.98 Å². The first-order chi connectivity index (χ1) is 15.8. The van der Waals surface area contributed by atoms with Crippen LogP contribution in [-0.2, 0) is 6.18 Å². The lowest BCUT2D eigenvalue weighted by atomic mass is 10.1. The molecule has 1 aliphatic heterocycles. The molecule has 0 radical (unpaired) electrons. The summed E-state index contributed by atoms with van der Waals surface area (Å²) in [5.41, 5.74) is 1.29. The first-order valence-electron chi connectivity index (χ1n) is 11.1. The topological polar surface area (TPSA) is 39.7 Å². The van der Waals surface area contributed by atoms with Crippen LogP contribution in [0.1, 0.15) is 29.3 Å². The van der Waals surface area contributed by atoms with Crippen molar-refractivity contribution in [3.8, 4) is 0 Å². The summed E-state index contributed by atoms with van der Waals surface area (Å²) in [7, 11) is 1.80. The highest BCUT2D eigenvalue weighted by Crippen LogP contribution is 2.32. The zero-order valence-electron chi connectivity index (χ0n) is 18.8. The molecule has 0 saturated carbocycles. The molecule has 4 rings (SSSR count). The molecule has 1 amide bonds. The van der Waals surface area contributed by atoms with E-state index in [2.05, 4.69) is 4.90 Å². The minimum Gasteiger partial charge on any atom is -0.368 e. The number of nitrogens with zero attached hydrogens (tertiary/aromatic N) is 4. The molecule has 0 bridgehead atoms. The van der Waals surface area contributed by atoms with E-state index in [-0.39, 0.29) is 5.91 Å². The van der Waals surface area contributed by atoms with Crippen LogP contribution in [0.15, 0.2) is 54.6 Å². The maximum absolute atomic E-state index is 13.1. The smallest absolute Gasteiger partial charge is 0.368 e. The molecule has 2 heterocycles. The molecule has 3 aromatic rings. The number of pyridine rings is 1. The van der Waals surface area contributed by atoms with Crippen molar-refractivity contribution in [1.29, 1.82) is 0 Å². The second-order valence-electron chi connectivity index (χ2n) is 8.29. The molecule has 2 aromatic carbocycles. The zero-order valence-corrected chi connectivity index (χ0v) is 18.8. The minimum atomic E-state index is -4.36. The van der Waals surface area contributed by atoms with Crippen LogP contribution in [0.4, 0.5) is 24.7 Å². The Morgan fingerprint density at radius 2 is 1.70 bits per heavy atom. The molecule has 1 fully saturated rings. The summed E-state index contributed by atoms with van der Waals surface area (Å²) in [6.07, 6.45) is -3.49. The van der Waals surface area contributed by atoms with Crippen LogP contribution in [0.5, 0.6) is 0 Å². The number of carbonyl (C=O) groups excluding carboxylic acids is 1. The molecule has 0 aliphatic carbocycles. The first-order valence-corrected chi connectivity index (χ1v) is 11.1. The van der Waals surface area contributed by atoms with Crippen molar-refractivity contribution in [1.82, 2.24) is 9.88 Å². The molecule has 5 nitrogen and oxygen atoms in total. The normalized spacial score (nSPS) is 14.6. The summed E-state index contributed by atoms with van der Waals surface area (Å²) < 4.78 is 39.3. The van der Waals surface area contributed by atoms with Crippen LogP contribution in [0.25, 0.3) is 10.9 Å². The van der Waals surface area contributed by atoms with Gasteiger partial charge in [0.05, 0.1) is 16.6 Å². The predicted octanol–water partition coefficient (Wildman–Crippen LogP) is 5.06. The lowest BCUT2D eigenvalue weighted by Crippen LogP contribution is -2.47. The molecule has 33 heavy (non-hydrogen) atoms. The van der Waals surface area contributed by atoms with E-state index < -0.39 is 11.7 Å². The van der Waals surface area contributed by atoms with Crippen molar-refractivity contribution in [2.45, 2.75) is 19.5 Å². The van der Waals surface area contributed by atoms with Gasteiger partial charge in [-0.2, -0.15) is 13.2 Å². The molecule has 0 spiro atoms. The lowest BCUT2D eigenvalue weighted by molar-refractivity contribution is -0.137. The quantitative estimate of drug-likeness (QED) is 0.538. The van der Waals surface area contributed by atoms with E-state index in [0.29, 0.717) is 49.8 Å². The molecule has 0 unspecified atom stereocenters. The van der Waals surface area contributed by atoms with Crippen molar-refractivity contribution in [2.24, 2.45) is 0 Å². The average molecular weight is 457 g/mol. The second kappa shape index (κ2) is 9.29. The SMILES string of the molecule is CCCN(C)C(=O)c1cc(N2CCN(c3cccc(C(F)(F)F)c3)CC2)nc2ccccc12. The number of rotatable bonds is 5. The van der Waals surface area contributed by atoms with Crippen LogP contribution in [0, 0.1) is 0 Å². The van der Waals surface area contributed by atoms with Crippen LogP contribution < -0.4 is 9.80 Å². The largest absolute Gasteiger partial charge is 0.416 e. The molecule has 1 aliphatic rings. The summed E-state index contributed by atoms with van der Waals surface area (Å²) in [6, 6.07) is 14.9. The number of halogens is 3.